The summed E-state index contributed by atoms with van der Waals surface area (Å²) in [5.74, 6) is -0.118. The summed E-state index contributed by atoms with van der Waals surface area (Å²) in [5.41, 5.74) is 1.98. The van der Waals surface area contributed by atoms with Gasteiger partial charge >= 0.3 is 12.0 Å². The van der Waals surface area contributed by atoms with Crippen LogP contribution in [-0.4, -0.2) is 45.8 Å². The first-order valence-electron chi connectivity index (χ1n) is 10.0. The summed E-state index contributed by atoms with van der Waals surface area (Å²) in [4.78, 5) is 41.0. The first-order valence-corrected chi connectivity index (χ1v) is 10.0. The minimum atomic E-state index is -0.760. The van der Waals surface area contributed by atoms with Crippen LogP contribution in [0.1, 0.15) is 41.8 Å². The number of amides is 3. The Hall–Kier alpha value is -3.95. The Morgan fingerprint density at radius 1 is 1.28 bits per heavy atom. The molecule has 0 aliphatic rings. The summed E-state index contributed by atoms with van der Waals surface area (Å²) in [6.45, 7) is 10.6. The topological polar surface area (TPSA) is 128 Å². The minimum Gasteiger partial charge on any atom is -0.466 e. The highest BCUT2D eigenvalue weighted by Gasteiger charge is 2.22. The summed E-state index contributed by atoms with van der Waals surface area (Å²) in [5, 5.41) is 9.31. The van der Waals surface area contributed by atoms with E-state index in [1.54, 1.807) is 16.9 Å². The molecular formula is C22H25N5O5. The van der Waals surface area contributed by atoms with Crippen molar-refractivity contribution in [1.29, 1.82) is 0 Å². The number of urea groups is 1. The van der Waals surface area contributed by atoms with Gasteiger partial charge in [-0.2, -0.15) is 5.10 Å². The number of hydrogen-bond donors (Lipinski definition) is 2. The zero-order valence-corrected chi connectivity index (χ0v) is 18.4. The van der Waals surface area contributed by atoms with Gasteiger partial charge in [-0.15, -0.1) is 6.58 Å². The number of nitrogens with zero attached hydrogens (tertiary/aromatic N) is 3. The molecule has 10 heteroatoms. The van der Waals surface area contributed by atoms with Crippen molar-refractivity contribution in [2.75, 3.05) is 13.2 Å². The van der Waals surface area contributed by atoms with E-state index in [4.69, 9.17) is 14.1 Å². The Kier molecular flexibility index (Phi) is 6.72. The molecule has 0 unspecified atom stereocenters. The Labute approximate surface area is 184 Å². The molecule has 0 atom stereocenters. The molecule has 3 amide bonds. The monoisotopic (exact) mass is 439 g/mol. The van der Waals surface area contributed by atoms with Gasteiger partial charge in [-0.25, -0.2) is 19.3 Å². The maximum Gasteiger partial charge on any atom is 0.339 e. The Bertz CT molecular complexity index is 1190. The lowest BCUT2D eigenvalue weighted by atomic mass is 10.1. The predicted molar refractivity (Wildman–Crippen MR) is 117 cm³/mol. The number of ether oxygens (including phenoxy) is 1. The number of fused-ring (bicyclic) bond motifs is 1. The molecule has 2 N–H and O–H groups in total. The maximum atomic E-state index is 12.9. The number of furan rings is 1. The third kappa shape index (κ3) is 4.85. The van der Waals surface area contributed by atoms with Crippen LogP contribution in [-0.2, 0) is 9.53 Å². The van der Waals surface area contributed by atoms with Crippen LogP contribution in [0.15, 0.2) is 35.4 Å². The number of nitrogens with one attached hydrogen (secondary N) is 2. The third-order valence-corrected chi connectivity index (χ3v) is 4.59. The highest BCUT2D eigenvalue weighted by atomic mass is 16.5. The summed E-state index contributed by atoms with van der Waals surface area (Å²) < 4.78 is 12.5. The van der Waals surface area contributed by atoms with E-state index in [-0.39, 0.29) is 18.2 Å². The van der Waals surface area contributed by atoms with Gasteiger partial charge < -0.3 is 14.5 Å². The van der Waals surface area contributed by atoms with Crippen molar-refractivity contribution in [1.82, 2.24) is 25.4 Å². The van der Waals surface area contributed by atoms with Crippen LogP contribution >= 0.6 is 0 Å². The van der Waals surface area contributed by atoms with Crippen LogP contribution in [0.5, 0.6) is 0 Å². The molecule has 0 saturated carbocycles. The molecule has 0 fully saturated rings. The van der Waals surface area contributed by atoms with E-state index < -0.39 is 24.5 Å². The van der Waals surface area contributed by atoms with Crippen LogP contribution in [0.25, 0.3) is 22.3 Å². The lowest BCUT2D eigenvalue weighted by Crippen LogP contribution is -2.41. The minimum absolute atomic E-state index is 0.00570. The molecule has 0 radical (unpaired) electrons. The molecule has 0 bridgehead atoms. The number of rotatable bonds is 7. The van der Waals surface area contributed by atoms with Crippen LogP contribution in [0.3, 0.4) is 0 Å². The van der Waals surface area contributed by atoms with Crippen molar-refractivity contribution in [3.8, 4) is 11.3 Å². The molecule has 10 nitrogen and oxygen atoms in total. The number of esters is 1. The second-order valence-electron chi connectivity index (χ2n) is 7.43. The van der Waals surface area contributed by atoms with Crippen molar-refractivity contribution in [2.24, 2.45) is 0 Å². The number of carbonyl (C=O) groups excluding carboxylic acids is 3. The summed E-state index contributed by atoms with van der Waals surface area (Å²) in [7, 11) is 0. The summed E-state index contributed by atoms with van der Waals surface area (Å²) in [6.07, 6.45) is 3.01. The Morgan fingerprint density at radius 3 is 2.66 bits per heavy atom. The van der Waals surface area contributed by atoms with E-state index in [2.05, 4.69) is 22.3 Å². The fourth-order valence-corrected chi connectivity index (χ4v) is 3.17. The van der Waals surface area contributed by atoms with Crippen molar-refractivity contribution in [3.63, 3.8) is 0 Å². The van der Waals surface area contributed by atoms with Crippen molar-refractivity contribution in [2.45, 2.75) is 33.7 Å². The molecule has 3 heterocycles. The molecule has 0 aliphatic carbocycles. The molecule has 0 aliphatic heterocycles. The lowest BCUT2D eigenvalue weighted by Gasteiger charge is -2.10. The fraction of sp³-hybridized carbons (Fsp3) is 0.318. The van der Waals surface area contributed by atoms with Gasteiger partial charge in [0, 0.05) is 18.2 Å². The summed E-state index contributed by atoms with van der Waals surface area (Å²) >= 11 is 0. The van der Waals surface area contributed by atoms with E-state index in [0.717, 1.165) is 5.56 Å². The summed E-state index contributed by atoms with van der Waals surface area (Å²) in [6, 6.07) is 2.72. The molecule has 3 aromatic rings. The molecule has 0 saturated heterocycles. The van der Waals surface area contributed by atoms with Gasteiger partial charge in [0.05, 0.1) is 22.8 Å². The Balaban J connectivity index is 1.90. The highest BCUT2D eigenvalue weighted by Crippen LogP contribution is 2.30. The van der Waals surface area contributed by atoms with E-state index >= 15 is 0 Å². The zero-order chi connectivity index (χ0) is 23.4. The standard InChI is InChI=1S/C22H25N5O5/c1-6-7-23-22(30)26-19(28)11-31-21(29)16-9-18(15-8-13(4)32-14(15)5)25-20-17(16)10-24-27(20)12(2)3/h6,8-10,12H,1,7,11H2,2-5H3,(H2,23,26,28,30). The highest BCUT2D eigenvalue weighted by molar-refractivity contribution is 6.05. The quantitative estimate of drug-likeness (QED) is 0.428. The smallest absolute Gasteiger partial charge is 0.339 e. The van der Waals surface area contributed by atoms with Gasteiger partial charge in [-0.05, 0) is 39.8 Å². The maximum absolute atomic E-state index is 12.9. The lowest BCUT2D eigenvalue weighted by molar-refractivity contribution is -0.123. The third-order valence-electron chi connectivity index (χ3n) is 4.59. The zero-order valence-electron chi connectivity index (χ0n) is 18.4. The number of imide groups is 1. The number of carbonyl (C=O) groups is 3. The Morgan fingerprint density at radius 2 is 2.03 bits per heavy atom. The van der Waals surface area contributed by atoms with Crippen molar-refractivity contribution in [3.05, 3.63) is 48.1 Å². The molecule has 0 spiro atoms. The number of pyridine rings is 1. The average Bonchev–Trinajstić information content (AvgIpc) is 3.32. The fourth-order valence-electron chi connectivity index (χ4n) is 3.17. The second-order valence-corrected chi connectivity index (χ2v) is 7.43. The second kappa shape index (κ2) is 9.46. The normalized spacial score (nSPS) is 10.9. The first kappa shape index (κ1) is 22.7. The van der Waals surface area contributed by atoms with Crippen LogP contribution in [0.2, 0.25) is 0 Å². The van der Waals surface area contributed by atoms with Gasteiger partial charge in [-0.3, -0.25) is 10.1 Å². The van der Waals surface area contributed by atoms with E-state index in [1.165, 1.54) is 6.08 Å². The van der Waals surface area contributed by atoms with E-state index in [1.807, 2.05) is 33.8 Å². The first-order chi connectivity index (χ1) is 15.2. The molecule has 3 aromatic heterocycles. The number of aromatic nitrogens is 3. The van der Waals surface area contributed by atoms with Crippen molar-refractivity contribution >= 4 is 28.9 Å². The van der Waals surface area contributed by atoms with Crippen LogP contribution < -0.4 is 10.6 Å². The average molecular weight is 439 g/mol. The molecule has 3 rings (SSSR count). The van der Waals surface area contributed by atoms with Gasteiger partial charge in [0.1, 0.15) is 11.5 Å². The van der Waals surface area contributed by atoms with Crippen molar-refractivity contribution < 1.29 is 23.5 Å². The van der Waals surface area contributed by atoms with Gasteiger partial charge in [0.15, 0.2) is 12.3 Å². The van der Waals surface area contributed by atoms with E-state index in [0.29, 0.717) is 28.2 Å². The predicted octanol–water partition coefficient (Wildman–Crippen LogP) is 3.06. The number of hydrogen-bond acceptors (Lipinski definition) is 7. The SMILES string of the molecule is C=CCNC(=O)NC(=O)COC(=O)c1cc(-c2cc(C)oc2C)nc2c1cnn2C(C)C. The van der Waals surface area contributed by atoms with Crippen LogP contribution in [0.4, 0.5) is 4.79 Å². The molecular weight excluding hydrogens is 414 g/mol. The largest absolute Gasteiger partial charge is 0.466 e. The van der Waals surface area contributed by atoms with E-state index in [9.17, 15) is 14.4 Å². The molecule has 0 aromatic carbocycles. The number of aryl methyl sites for hydroxylation is 2. The molecule has 168 valence electrons. The van der Waals surface area contributed by atoms with Gasteiger partial charge in [0.25, 0.3) is 5.91 Å². The van der Waals surface area contributed by atoms with Gasteiger partial charge in [-0.1, -0.05) is 6.08 Å². The molecule has 32 heavy (non-hydrogen) atoms. The van der Waals surface area contributed by atoms with Crippen LogP contribution in [0, 0.1) is 13.8 Å². The van der Waals surface area contributed by atoms with Gasteiger partial charge in [0.2, 0.25) is 0 Å².